The van der Waals surface area contributed by atoms with Gasteiger partial charge in [-0.25, -0.2) is 4.98 Å². The molecule has 32 heavy (non-hydrogen) atoms. The number of nitrogens with zero attached hydrogens (tertiary/aromatic N) is 7. The lowest BCUT2D eigenvalue weighted by atomic mass is 10.2. The molecule has 0 aromatic carbocycles. The van der Waals surface area contributed by atoms with E-state index in [4.69, 9.17) is 0 Å². The molecule has 168 valence electrons. The molecule has 9 nitrogen and oxygen atoms in total. The van der Waals surface area contributed by atoms with Crippen molar-refractivity contribution in [2.75, 3.05) is 29.2 Å². The minimum Gasteiger partial charge on any atom is -0.346 e. The van der Waals surface area contributed by atoms with Gasteiger partial charge in [0.05, 0.1) is 24.1 Å². The predicted octanol–water partition coefficient (Wildman–Crippen LogP) is 2.99. The Balaban J connectivity index is 1.55. The summed E-state index contributed by atoms with van der Waals surface area (Å²) in [6, 6.07) is 1.96. The smallest absolute Gasteiger partial charge is 0.346 e. The van der Waals surface area contributed by atoms with Gasteiger partial charge in [-0.05, 0) is 25.5 Å². The molecule has 0 radical (unpaired) electrons. The number of halogens is 3. The van der Waals surface area contributed by atoms with E-state index in [0.717, 1.165) is 6.07 Å². The van der Waals surface area contributed by atoms with Crippen LogP contribution in [0.15, 0.2) is 30.7 Å². The van der Waals surface area contributed by atoms with Crippen molar-refractivity contribution in [3.05, 3.63) is 47.7 Å². The molecular weight excluding hydrogens is 425 g/mol. The first-order valence-electron chi connectivity index (χ1n) is 9.75. The fourth-order valence-corrected chi connectivity index (χ4v) is 3.28. The first-order chi connectivity index (χ1) is 15.0. The summed E-state index contributed by atoms with van der Waals surface area (Å²) in [5, 5.41) is 7.12. The van der Waals surface area contributed by atoms with Gasteiger partial charge in [0, 0.05) is 26.5 Å². The van der Waals surface area contributed by atoms with Gasteiger partial charge in [0.15, 0.2) is 5.82 Å². The van der Waals surface area contributed by atoms with Crippen LogP contribution in [0.3, 0.4) is 0 Å². The van der Waals surface area contributed by atoms with E-state index in [9.17, 15) is 18.0 Å². The SMILES string of the molecule is Cc1nc(N(C)c2cnn(Cc3ccc(C(F)(F)F)nc3)c2)nc2c1NC(=O)[C@H](C)N2C. The van der Waals surface area contributed by atoms with Crippen LogP contribution in [0.2, 0.25) is 0 Å². The summed E-state index contributed by atoms with van der Waals surface area (Å²) < 4.78 is 39.6. The second kappa shape index (κ2) is 7.77. The highest BCUT2D eigenvalue weighted by Crippen LogP contribution is 2.34. The Morgan fingerprint density at radius 2 is 1.97 bits per heavy atom. The van der Waals surface area contributed by atoms with E-state index in [1.807, 2.05) is 0 Å². The predicted molar refractivity (Wildman–Crippen MR) is 112 cm³/mol. The zero-order valence-corrected chi connectivity index (χ0v) is 17.8. The van der Waals surface area contributed by atoms with Gasteiger partial charge in [-0.3, -0.25) is 14.5 Å². The number of pyridine rings is 1. The maximum absolute atomic E-state index is 12.7. The van der Waals surface area contributed by atoms with Gasteiger partial charge in [0.25, 0.3) is 0 Å². The van der Waals surface area contributed by atoms with Crippen LogP contribution in [0.25, 0.3) is 0 Å². The van der Waals surface area contributed by atoms with Gasteiger partial charge >= 0.3 is 6.18 Å². The minimum atomic E-state index is -4.47. The van der Waals surface area contributed by atoms with E-state index in [1.165, 1.54) is 12.3 Å². The molecule has 3 aromatic rings. The molecule has 0 unspecified atom stereocenters. The molecule has 0 saturated heterocycles. The summed E-state index contributed by atoms with van der Waals surface area (Å²) in [6.07, 6.45) is 0.0740. The number of nitrogens with one attached hydrogen (secondary N) is 1. The number of aryl methyl sites for hydroxylation is 1. The third kappa shape index (κ3) is 3.95. The molecule has 1 atom stereocenters. The summed E-state index contributed by atoms with van der Waals surface area (Å²) in [5.74, 6) is 0.925. The van der Waals surface area contributed by atoms with Gasteiger partial charge in [-0.15, -0.1) is 0 Å². The number of carbonyl (C=O) groups is 1. The Bertz CT molecular complexity index is 1160. The number of anilines is 4. The number of hydrogen-bond donors (Lipinski definition) is 1. The standard InChI is InChI=1S/C20H21F3N8O/c1-11-16-17(29(3)12(2)18(32)27-16)28-19(26-11)30(4)14-8-25-31(10-14)9-13-5-6-15(24-7-13)20(21,22)23/h5-8,10,12H,9H2,1-4H3,(H,27,32)/t12-/m0/s1. The Hall–Kier alpha value is -3.70. The summed E-state index contributed by atoms with van der Waals surface area (Å²) in [5.41, 5.74) is 1.56. The van der Waals surface area contributed by atoms with Crippen LogP contribution in [0.5, 0.6) is 0 Å². The van der Waals surface area contributed by atoms with Crippen molar-refractivity contribution in [2.24, 2.45) is 0 Å². The molecule has 3 aromatic heterocycles. The Morgan fingerprint density at radius 3 is 2.62 bits per heavy atom. The average molecular weight is 446 g/mol. The van der Waals surface area contributed by atoms with Crippen molar-refractivity contribution in [2.45, 2.75) is 32.6 Å². The number of likely N-dealkylation sites (N-methyl/N-ethyl adjacent to an activating group) is 1. The molecule has 0 bridgehead atoms. The molecule has 0 fully saturated rings. The fraction of sp³-hybridized carbons (Fsp3) is 0.350. The maximum atomic E-state index is 12.7. The van der Waals surface area contributed by atoms with Crippen LogP contribution in [0.1, 0.15) is 23.9 Å². The van der Waals surface area contributed by atoms with Crippen molar-refractivity contribution in [1.82, 2.24) is 24.7 Å². The number of hydrogen-bond acceptors (Lipinski definition) is 7. The van der Waals surface area contributed by atoms with Crippen LogP contribution in [-0.4, -0.2) is 50.8 Å². The number of rotatable bonds is 4. The van der Waals surface area contributed by atoms with E-state index < -0.39 is 11.9 Å². The summed E-state index contributed by atoms with van der Waals surface area (Å²) in [6.45, 7) is 3.84. The highest BCUT2D eigenvalue weighted by Gasteiger charge is 2.32. The molecule has 1 aliphatic heterocycles. The molecule has 4 rings (SSSR count). The molecule has 12 heteroatoms. The van der Waals surface area contributed by atoms with Crippen LogP contribution in [0.4, 0.5) is 36.3 Å². The number of aromatic nitrogens is 5. The molecule has 0 spiro atoms. The lowest BCUT2D eigenvalue weighted by molar-refractivity contribution is -0.141. The van der Waals surface area contributed by atoms with Gasteiger partial charge in [-0.2, -0.15) is 23.3 Å². The van der Waals surface area contributed by atoms with Crippen molar-refractivity contribution < 1.29 is 18.0 Å². The van der Waals surface area contributed by atoms with Crippen molar-refractivity contribution in [1.29, 1.82) is 0 Å². The summed E-state index contributed by atoms with van der Waals surface area (Å²) >= 11 is 0. The molecule has 1 amide bonds. The molecule has 1 aliphatic rings. The Kier molecular flexibility index (Phi) is 5.23. The molecule has 4 heterocycles. The normalized spacial score (nSPS) is 16.0. The minimum absolute atomic E-state index is 0.119. The quantitative estimate of drug-likeness (QED) is 0.659. The highest BCUT2D eigenvalue weighted by molar-refractivity contribution is 6.03. The van der Waals surface area contributed by atoms with E-state index in [2.05, 4.69) is 25.4 Å². The van der Waals surface area contributed by atoms with Gasteiger partial charge in [0.2, 0.25) is 11.9 Å². The van der Waals surface area contributed by atoms with Gasteiger partial charge in [-0.1, -0.05) is 6.07 Å². The second-order valence-corrected chi connectivity index (χ2v) is 7.59. The van der Waals surface area contributed by atoms with E-state index >= 15 is 0 Å². The molecular formula is C20H21F3N8O. The number of carbonyl (C=O) groups excluding carboxylic acids is 1. The fourth-order valence-electron chi connectivity index (χ4n) is 3.28. The largest absolute Gasteiger partial charge is 0.433 e. The van der Waals surface area contributed by atoms with E-state index in [1.54, 1.807) is 54.8 Å². The lowest BCUT2D eigenvalue weighted by Crippen LogP contribution is -2.45. The second-order valence-electron chi connectivity index (χ2n) is 7.59. The highest BCUT2D eigenvalue weighted by atomic mass is 19.4. The zero-order chi connectivity index (χ0) is 23.2. The van der Waals surface area contributed by atoms with E-state index in [0.29, 0.717) is 34.4 Å². The van der Waals surface area contributed by atoms with Crippen molar-refractivity contribution >= 4 is 29.0 Å². The summed E-state index contributed by atoms with van der Waals surface area (Å²) in [7, 11) is 3.58. The third-order valence-corrected chi connectivity index (χ3v) is 5.37. The maximum Gasteiger partial charge on any atom is 0.433 e. The lowest BCUT2D eigenvalue weighted by Gasteiger charge is -2.33. The van der Waals surface area contributed by atoms with Crippen LogP contribution in [-0.2, 0) is 17.5 Å². The molecule has 1 N–H and O–H groups in total. The van der Waals surface area contributed by atoms with Crippen LogP contribution >= 0.6 is 0 Å². The third-order valence-electron chi connectivity index (χ3n) is 5.37. The van der Waals surface area contributed by atoms with Crippen molar-refractivity contribution in [3.63, 3.8) is 0 Å². The summed E-state index contributed by atoms with van der Waals surface area (Å²) in [4.78, 5) is 28.2. The average Bonchev–Trinajstić information content (AvgIpc) is 3.20. The van der Waals surface area contributed by atoms with Gasteiger partial charge in [0.1, 0.15) is 17.4 Å². The topological polar surface area (TPSA) is 92.1 Å². The molecule has 0 aliphatic carbocycles. The van der Waals surface area contributed by atoms with Crippen LogP contribution < -0.4 is 15.1 Å². The zero-order valence-electron chi connectivity index (χ0n) is 17.8. The molecule has 0 saturated carbocycles. The number of alkyl halides is 3. The van der Waals surface area contributed by atoms with Crippen molar-refractivity contribution in [3.8, 4) is 0 Å². The number of amides is 1. The Labute approximate surface area is 181 Å². The Morgan fingerprint density at radius 1 is 1.22 bits per heavy atom. The first kappa shape index (κ1) is 21.5. The van der Waals surface area contributed by atoms with E-state index in [-0.39, 0.29) is 18.5 Å². The number of fused-ring (bicyclic) bond motifs is 1. The van der Waals surface area contributed by atoms with Gasteiger partial charge < -0.3 is 15.1 Å². The first-order valence-corrected chi connectivity index (χ1v) is 9.75. The monoisotopic (exact) mass is 446 g/mol. The van der Waals surface area contributed by atoms with Crippen LogP contribution in [0, 0.1) is 6.92 Å².